The minimum absolute atomic E-state index is 0.527. The van der Waals surface area contributed by atoms with E-state index < -0.39 is 0 Å². The summed E-state index contributed by atoms with van der Waals surface area (Å²) in [5.74, 6) is 2.64. The Kier molecular flexibility index (Phi) is 2.61. The van der Waals surface area contributed by atoms with Crippen LogP contribution in [-0.4, -0.2) is 4.98 Å². The topological polar surface area (TPSA) is 12.9 Å². The predicted molar refractivity (Wildman–Crippen MR) is 78.2 cm³/mol. The highest BCUT2D eigenvalue weighted by Crippen LogP contribution is 2.54. The van der Waals surface area contributed by atoms with Gasteiger partial charge in [-0.1, -0.05) is 30.7 Å². The average Bonchev–Trinajstić information content (AvgIpc) is 2.39. The number of nitrogens with zero attached hydrogens (tertiary/aromatic N) is 1. The molecule has 0 aliphatic heterocycles. The third kappa shape index (κ3) is 1.64. The second-order valence-electron chi connectivity index (χ2n) is 6.32. The first-order chi connectivity index (χ1) is 9.36. The van der Waals surface area contributed by atoms with Crippen molar-refractivity contribution >= 4 is 0 Å². The van der Waals surface area contributed by atoms with Gasteiger partial charge in [-0.25, -0.2) is 0 Å². The molecule has 0 spiro atoms. The molecule has 0 saturated carbocycles. The van der Waals surface area contributed by atoms with E-state index >= 15 is 0 Å². The van der Waals surface area contributed by atoms with Crippen LogP contribution in [0.3, 0.4) is 0 Å². The third-order valence-corrected chi connectivity index (χ3v) is 5.30. The van der Waals surface area contributed by atoms with Gasteiger partial charge in [0.25, 0.3) is 0 Å². The average molecular weight is 251 g/mol. The summed E-state index contributed by atoms with van der Waals surface area (Å²) in [7, 11) is 0. The molecule has 0 aromatic carbocycles. The highest BCUT2D eigenvalue weighted by atomic mass is 14.7. The zero-order valence-corrected chi connectivity index (χ0v) is 11.5. The van der Waals surface area contributed by atoms with Gasteiger partial charge < -0.3 is 0 Å². The fraction of sp³-hybridized carbons (Fsp3) is 0.500. The molecule has 0 N–H and O–H groups in total. The molecule has 1 aromatic rings. The number of hydrogen-bond acceptors (Lipinski definition) is 1. The molecule has 0 saturated heterocycles. The Labute approximate surface area is 115 Å². The molecular weight excluding hydrogens is 230 g/mol. The van der Waals surface area contributed by atoms with Crippen molar-refractivity contribution in [2.75, 3.05) is 0 Å². The second kappa shape index (κ2) is 4.33. The second-order valence-corrected chi connectivity index (χ2v) is 6.32. The number of aromatic nitrogens is 1. The summed E-state index contributed by atoms with van der Waals surface area (Å²) in [6.07, 6.45) is 17.2. The zero-order chi connectivity index (χ0) is 12.8. The first-order valence-corrected chi connectivity index (χ1v) is 7.66. The first-order valence-electron chi connectivity index (χ1n) is 7.66. The maximum absolute atomic E-state index is 4.72. The number of rotatable bonds is 0. The van der Waals surface area contributed by atoms with E-state index in [2.05, 4.69) is 37.3 Å². The van der Waals surface area contributed by atoms with Crippen molar-refractivity contribution in [1.82, 2.24) is 4.98 Å². The van der Waals surface area contributed by atoms with E-state index in [0.29, 0.717) is 17.8 Å². The Balaban J connectivity index is 1.87. The van der Waals surface area contributed by atoms with E-state index in [1.54, 1.807) is 5.56 Å². The smallest absolute Gasteiger partial charge is 0.0518 e. The van der Waals surface area contributed by atoms with Crippen LogP contribution >= 0.6 is 0 Å². The minimum atomic E-state index is 0.527. The lowest BCUT2D eigenvalue weighted by Crippen LogP contribution is -2.36. The minimum Gasteiger partial charge on any atom is -0.260 e. The Morgan fingerprint density at radius 2 is 2.00 bits per heavy atom. The van der Waals surface area contributed by atoms with Crippen LogP contribution in [0.4, 0.5) is 0 Å². The molecule has 19 heavy (non-hydrogen) atoms. The highest BCUT2D eigenvalue weighted by molar-refractivity contribution is 5.47. The van der Waals surface area contributed by atoms with Gasteiger partial charge in [-0.05, 0) is 55.2 Å². The Morgan fingerprint density at radius 1 is 1.11 bits per heavy atom. The molecule has 1 nitrogen and oxygen atoms in total. The fourth-order valence-electron chi connectivity index (χ4n) is 4.42. The predicted octanol–water partition coefficient (Wildman–Crippen LogP) is 4.50. The van der Waals surface area contributed by atoms with Crippen molar-refractivity contribution in [2.45, 2.75) is 44.4 Å². The number of aryl methyl sites for hydroxylation is 1. The molecule has 1 aromatic heterocycles. The Morgan fingerprint density at radius 3 is 2.95 bits per heavy atom. The van der Waals surface area contributed by atoms with Gasteiger partial charge >= 0.3 is 0 Å². The van der Waals surface area contributed by atoms with Crippen molar-refractivity contribution in [2.24, 2.45) is 11.8 Å². The van der Waals surface area contributed by atoms with Crippen molar-refractivity contribution in [3.63, 3.8) is 0 Å². The Bertz CT molecular complexity index is 555. The normalized spacial score (nSPS) is 37.1. The number of allylic oxidation sites excluding steroid dienone is 4. The van der Waals surface area contributed by atoms with Crippen LogP contribution in [0.5, 0.6) is 0 Å². The molecule has 0 amide bonds. The van der Waals surface area contributed by atoms with Crippen LogP contribution in [0.2, 0.25) is 0 Å². The molecule has 0 fully saturated rings. The van der Waals surface area contributed by atoms with Crippen LogP contribution in [-0.2, 0) is 0 Å². The van der Waals surface area contributed by atoms with Gasteiger partial charge in [0.05, 0.1) is 5.69 Å². The van der Waals surface area contributed by atoms with E-state index in [0.717, 1.165) is 5.92 Å². The van der Waals surface area contributed by atoms with Crippen LogP contribution in [0.15, 0.2) is 36.6 Å². The molecule has 1 heterocycles. The molecule has 98 valence electrons. The molecule has 0 radical (unpaired) electrons. The van der Waals surface area contributed by atoms with Crippen LogP contribution in [0.1, 0.15) is 54.3 Å². The fourth-order valence-corrected chi connectivity index (χ4v) is 4.42. The van der Waals surface area contributed by atoms with Gasteiger partial charge in [0.1, 0.15) is 0 Å². The van der Waals surface area contributed by atoms with Gasteiger partial charge in [0, 0.05) is 18.0 Å². The van der Waals surface area contributed by atoms with Crippen LogP contribution in [0.25, 0.3) is 0 Å². The summed E-state index contributed by atoms with van der Waals surface area (Å²) in [6.45, 7) is 2.25. The maximum atomic E-state index is 4.72. The summed E-state index contributed by atoms with van der Waals surface area (Å²) >= 11 is 0. The van der Waals surface area contributed by atoms with Crippen LogP contribution in [0, 0.1) is 18.8 Å². The molecule has 1 heteroatoms. The van der Waals surface area contributed by atoms with E-state index in [1.807, 2.05) is 6.20 Å². The molecule has 4 aliphatic rings. The van der Waals surface area contributed by atoms with Crippen molar-refractivity contribution in [3.05, 3.63) is 53.4 Å². The van der Waals surface area contributed by atoms with Gasteiger partial charge in [-0.3, -0.25) is 4.98 Å². The van der Waals surface area contributed by atoms with Crippen LogP contribution < -0.4 is 0 Å². The molecule has 5 rings (SSSR count). The van der Waals surface area contributed by atoms with Crippen molar-refractivity contribution in [1.29, 1.82) is 0 Å². The SMILES string of the molecule is Cc1ccnc2c1C1C=CC2[C@@H]2/C=C\CCCC[C@@H]12. The first kappa shape index (κ1) is 11.5. The van der Waals surface area contributed by atoms with Gasteiger partial charge in [0.2, 0.25) is 0 Å². The number of hydrogen-bond donors (Lipinski definition) is 0. The van der Waals surface area contributed by atoms with Gasteiger partial charge in [0.15, 0.2) is 0 Å². The standard InChI is InChI=1S/C18H21N/c1-12-10-11-19-18-16-9-8-15(17(12)18)13-6-4-2-3-5-7-14(13)16/h5,7-11,13-16H,2-4,6H2,1H3/b7-5-/t13-,14-,15?,16?/m1/s1. The summed E-state index contributed by atoms with van der Waals surface area (Å²) in [5.41, 5.74) is 4.35. The van der Waals surface area contributed by atoms with E-state index in [9.17, 15) is 0 Å². The van der Waals surface area contributed by atoms with Gasteiger partial charge in [-0.15, -0.1) is 0 Å². The molecule has 2 unspecified atom stereocenters. The number of pyridine rings is 1. The van der Waals surface area contributed by atoms with Crippen molar-refractivity contribution in [3.8, 4) is 0 Å². The zero-order valence-electron chi connectivity index (χ0n) is 11.5. The van der Waals surface area contributed by atoms with E-state index in [1.165, 1.54) is 36.9 Å². The largest absolute Gasteiger partial charge is 0.260 e. The molecule has 4 atom stereocenters. The maximum Gasteiger partial charge on any atom is 0.0518 e. The summed E-state index contributed by atoms with van der Waals surface area (Å²) in [6, 6.07) is 2.18. The summed E-state index contributed by atoms with van der Waals surface area (Å²) < 4.78 is 0. The Hall–Kier alpha value is -1.37. The van der Waals surface area contributed by atoms with E-state index in [-0.39, 0.29) is 0 Å². The lowest BCUT2D eigenvalue weighted by molar-refractivity contribution is 0.261. The summed E-state index contributed by atoms with van der Waals surface area (Å²) in [5, 5.41) is 0. The lowest BCUT2D eigenvalue weighted by Gasteiger charge is -2.46. The molecule has 4 aliphatic carbocycles. The quantitative estimate of drug-likeness (QED) is 0.618. The van der Waals surface area contributed by atoms with Gasteiger partial charge in [-0.2, -0.15) is 0 Å². The third-order valence-electron chi connectivity index (χ3n) is 5.30. The lowest BCUT2D eigenvalue weighted by atomic mass is 9.59. The highest BCUT2D eigenvalue weighted by Gasteiger charge is 2.43. The van der Waals surface area contributed by atoms with E-state index in [4.69, 9.17) is 4.98 Å². The monoisotopic (exact) mass is 251 g/mol. The summed E-state index contributed by atoms with van der Waals surface area (Å²) in [4.78, 5) is 4.72. The molecular formula is C18H21N. The molecule has 2 bridgehead atoms. The van der Waals surface area contributed by atoms with Crippen molar-refractivity contribution < 1.29 is 0 Å².